The Kier molecular flexibility index (Phi) is 6.61. The zero-order chi connectivity index (χ0) is 10.2. The van der Waals surface area contributed by atoms with Gasteiger partial charge in [0.2, 0.25) is 0 Å². The molecule has 3 N–H and O–H groups in total. The average molecular weight is 184 g/mol. The highest BCUT2D eigenvalue weighted by Gasteiger charge is 2.20. The highest BCUT2D eigenvalue weighted by atomic mass is 16.5. The van der Waals surface area contributed by atoms with Crippen molar-refractivity contribution in [2.75, 3.05) is 26.3 Å². The third-order valence-electron chi connectivity index (χ3n) is 1.86. The molecule has 13 heavy (non-hydrogen) atoms. The van der Waals surface area contributed by atoms with Gasteiger partial charge in [0.25, 0.3) is 0 Å². The summed E-state index contributed by atoms with van der Waals surface area (Å²) < 4.78 is 5.33. The van der Waals surface area contributed by atoms with Gasteiger partial charge in [0.15, 0.2) is 0 Å². The molecule has 76 valence electrons. The van der Waals surface area contributed by atoms with Crippen molar-refractivity contribution < 1.29 is 4.74 Å². The number of ether oxygens (including phenoxy) is 1. The Balaban J connectivity index is 3.85. The van der Waals surface area contributed by atoms with Crippen LogP contribution in [0.3, 0.4) is 0 Å². The van der Waals surface area contributed by atoms with E-state index in [9.17, 15) is 0 Å². The summed E-state index contributed by atoms with van der Waals surface area (Å²) in [5.74, 6) is 5.77. The summed E-state index contributed by atoms with van der Waals surface area (Å²) in [6.45, 7) is 8.41. The molecule has 0 aliphatic carbocycles. The lowest BCUT2D eigenvalue weighted by Crippen LogP contribution is -2.52. The molecule has 0 bridgehead atoms. The van der Waals surface area contributed by atoms with Gasteiger partial charge in [0.05, 0.1) is 18.7 Å². The first-order chi connectivity index (χ1) is 6.18. The molecule has 0 saturated carbocycles. The first-order valence-electron chi connectivity index (χ1n) is 4.61. The van der Waals surface area contributed by atoms with Crippen LogP contribution in [0.25, 0.3) is 0 Å². The Bertz CT molecular complexity index is 183. The van der Waals surface area contributed by atoms with Crippen molar-refractivity contribution in [1.82, 2.24) is 5.32 Å². The SMILES string of the molecule is CC#CCNC(C)(CN)COCC. The fourth-order valence-electron chi connectivity index (χ4n) is 0.855. The van der Waals surface area contributed by atoms with Gasteiger partial charge in [-0.1, -0.05) is 5.92 Å². The van der Waals surface area contributed by atoms with Crippen LogP contribution in [0.5, 0.6) is 0 Å². The molecule has 0 aliphatic rings. The summed E-state index contributed by atoms with van der Waals surface area (Å²) in [6.07, 6.45) is 0. The van der Waals surface area contributed by atoms with Crippen molar-refractivity contribution in [2.45, 2.75) is 26.3 Å². The van der Waals surface area contributed by atoms with Crippen LogP contribution < -0.4 is 11.1 Å². The van der Waals surface area contributed by atoms with E-state index in [1.807, 2.05) is 20.8 Å². The van der Waals surface area contributed by atoms with Gasteiger partial charge in [-0.15, -0.1) is 5.92 Å². The lowest BCUT2D eigenvalue weighted by atomic mass is 10.0. The quantitative estimate of drug-likeness (QED) is 0.586. The lowest BCUT2D eigenvalue weighted by molar-refractivity contribution is 0.0896. The summed E-state index contributed by atoms with van der Waals surface area (Å²) in [6, 6.07) is 0. The Morgan fingerprint density at radius 3 is 2.69 bits per heavy atom. The maximum Gasteiger partial charge on any atom is 0.0658 e. The Hall–Kier alpha value is -0.560. The maximum absolute atomic E-state index is 5.64. The topological polar surface area (TPSA) is 47.3 Å². The van der Waals surface area contributed by atoms with Crippen LogP contribution in [0.4, 0.5) is 0 Å². The molecule has 0 aromatic rings. The zero-order valence-electron chi connectivity index (χ0n) is 8.81. The van der Waals surface area contributed by atoms with Gasteiger partial charge in [-0.3, -0.25) is 5.32 Å². The zero-order valence-corrected chi connectivity index (χ0v) is 8.81. The maximum atomic E-state index is 5.64. The van der Waals surface area contributed by atoms with Crippen LogP contribution in [-0.2, 0) is 4.74 Å². The van der Waals surface area contributed by atoms with Crippen molar-refractivity contribution in [2.24, 2.45) is 5.73 Å². The van der Waals surface area contributed by atoms with Gasteiger partial charge in [0.1, 0.15) is 0 Å². The second-order valence-corrected chi connectivity index (χ2v) is 3.18. The van der Waals surface area contributed by atoms with Crippen LogP contribution in [-0.4, -0.2) is 31.8 Å². The molecule has 0 aromatic carbocycles. The number of hydrogen-bond donors (Lipinski definition) is 2. The van der Waals surface area contributed by atoms with Crippen molar-refractivity contribution >= 4 is 0 Å². The molecule has 0 aliphatic heterocycles. The van der Waals surface area contributed by atoms with E-state index in [4.69, 9.17) is 10.5 Å². The molecule has 0 fully saturated rings. The molecule has 0 amide bonds. The van der Waals surface area contributed by atoms with Crippen LogP contribution in [0, 0.1) is 11.8 Å². The minimum absolute atomic E-state index is 0.153. The third kappa shape index (κ3) is 5.64. The molecular formula is C10H20N2O. The van der Waals surface area contributed by atoms with Gasteiger partial charge < -0.3 is 10.5 Å². The first-order valence-corrected chi connectivity index (χ1v) is 4.61. The largest absolute Gasteiger partial charge is 0.380 e. The molecule has 0 rings (SSSR count). The Labute approximate surface area is 81.0 Å². The number of nitrogens with two attached hydrogens (primary N) is 1. The summed E-state index contributed by atoms with van der Waals surface area (Å²) in [4.78, 5) is 0. The van der Waals surface area contributed by atoms with Crippen LogP contribution in [0.1, 0.15) is 20.8 Å². The summed E-state index contributed by atoms with van der Waals surface area (Å²) in [7, 11) is 0. The van der Waals surface area contributed by atoms with Gasteiger partial charge >= 0.3 is 0 Å². The van der Waals surface area contributed by atoms with E-state index in [2.05, 4.69) is 17.2 Å². The minimum Gasteiger partial charge on any atom is -0.380 e. The van der Waals surface area contributed by atoms with Crippen molar-refractivity contribution in [3.8, 4) is 11.8 Å². The molecule has 0 spiro atoms. The molecule has 3 nitrogen and oxygen atoms in total. The molecule has 3 heteroatoms. The molecular weight excluding hydrogens is 164 g/mol. The third-order valence-corrected chi connectivity index (χ3v) is 1.86. The predicted octanol–water partition coefficient (Wildman–Crippen LogP) is 0.353. The van der Waals surface area contributed by atoms with Gasteiger partial charge in [-0.2, -0.15) is 0 Å². The normalized spacial score (nSPS) is 14.5. The minimum atomic E-state index is -0.153. The van der Waals surface area contributed by atoms with Crippen LogP contribution in [0.15, 0.2) is 0 Å². The van der Waals surface area contributed by atoms with Crippen molar-refractivity contribution in [3.63, 3.8) is 0 Å². The van der Waals surface area contributed by atoms with Crippen molar-refractivity contribution in [1.29, 1.82) is 0 Å². The van der Waals surface area contributed by atoms with Gasteiger partial charge in [0, 0.05) is 13.2 Å². The number of nitrogens with one attached hydrogen (secondary N) is 1. The van der Waals surface area contributed by atoms with E-state index in [1.54, 1.807) is 0 Å². The Morgan fingerprint density at radius 2 is 2.23 bits per heavy atom. The predicted molar refractivity (Wildman–Crippen MR) is 55.4 cm³/mol. The van der Waals surface area contributed by atoms with E-state index in [0.717, 1.165) is 6.61 Å². The summed E-state index contributed by atoms with van der Waals surface area (Å²) in [5.41, 5.74) is 5.49. The molecule has 0 heterocycles. The van der Waals surface area contributed by atoms with E-state index in [-0.39, 0.29) is 5.54 Å². The van der Waals surface area contributed by atoms with Gasteiger partial charge in [-0.25, -0.2) is 0 Å². The smallest absolute Gasteiger partial charge is 0.0658 e. The first kappa shape index (κ1) is 12.4. The molecule has 0 radical (unpaired) electrons. The van der Waals surface area contributed by atoms with Crippen molar-refractivity contribution in [3.05, 3.63) is 0 Å². The fourth-order valence-corrected chi connectivity index (χ4v) is 0.855. The second-order valence-electron chi connectivity index (χ2n) is 3.18. The summed E-state index contributed by atoms with van der Waals surface area (Å²) in [5, 5.41) is 3.26. The highest BCUT2D eigenvalue weighted by Crippen LogP contribution is 2.01. The summed E-state index contributed by atoms with van der Waals surface area (Å²) >= 11 is 0. The number of hydrogen-bond acceptors (Lipinski definition) is 3. The van der Waals surface area contributed by atoms with E-state index < -0.39 is 0 Å². The fraction of sp³-hybridized carbons (Fsp3) is 0.800. The molecule has 0 aromatic heterocycles. The average Bonchev–Trinajstić information content (AvgIpc) is 2.15. The standard InChI is InChI=1S/C10H20N2O/c1-4-6-7-12-10(3,8-11)9-13-5-2/h12H,5,7-9,11H2,1-3H3. The van der Waals surface area contributed by atoms with Gasteiger partial charge in [-0.05, 0) is 20.8 Å². The lowest BCUT2D eigenvalue weighted by Gasteiger charge is -2.28. The molecule has 1 unspecified atom stereocenters. The molecule has 1 atom stereocenters. The highest BCUT2D eigenvalue weighted by molar-refractivity contribution is 4.99. The van der Waals surface area contributed by atoms with E-state index in [0.29, 0.717) is 19.7 Å². The second kappa shape index (κ2) is 6.90. The Morgan fingerprint density at radius 1 is 1.54 bits per heavy atom. The van der Waals surface area contributed by atoms with E-state index in [1.165, 1.54) is 0 Å². The van der Waals surface area contributed by atoms with Crippen LogP contribution in [0.2, 0.25) is 0 Å². The molecule has 0 saturated heterocycles. The monoisotopic (exact) mass is 184 g/mol. The van der Waals surface area contributed by atoms with Crippen LogP contribution >= 0.6 is 0 Å². The van der Waals surface area contributed by atoms with E-state index >= 15 is 0 Å². The number of rotatable bonds is 6.